The first-order chi connectivity index (χ1) is 10.3. The molecule has 0 bridgehead atoms. The lowest BCUT2D eigenvalue weighted by Crippen LogP contribution is -2.06. The van der Waals surface area contributed by atoms with E-state index in [0.29, 0.717) is 5.89 Å². The normalized spacial score (nSPS) is 10.7. The summed E-state index contributed by atoms with van der Waals surface area (Å²) in [6.45, 7) is 2.87. The minimum absolute atomic E-state index is 0.683. The van der Waals surface area contributed by atoms with Crippen molar-refractivity contribution in [2.24, 2.45) is 0 Å². The fraction of sp³-hybridized carbons (Fsp3) is 0.250. The van der Waals surface area contributed by atoms with Gasteiger partial charge in [-0.25, -0.2) is 0 Å². The van der Waals surface area contributed by atoms with Crippen LogP contribution in [-0.4, -0.2) is 16.7 Å². The minimum Gasteiger partial charge on any atom is -0.384 e. The number of rotatable bonds is 6. The molecule has 2 heterocycles. The average molecular weight is 299 g/mol. The van der Waals surface area contributed by atoms with Crippen molar-refractivity contribution < 1.29 is 4.52 Å². The molecule has 108 valence electrons. The number of benzene rings is 1. The van der Waals surface area contributed by atoms with Gasteiger partial charge in [0.15, 0.2) is 5.82 Å². The third-order valence-corrected chi connectivity index (χ3v) is 4.10. The lowest BCUT2D eigenvalue weighted by Gasteiger charge is -2.07. The van der Waals surface area contributed by atoms with Crippen LogP contribution in [0.5, 0.6) is 0 Å². The standard InChI is InChI=1S/C16H17N3OS/c1-12-5-2-3-7-14(12)17-9-8-16-18-15(19-20-16)11-13-6-4-10-21-13/h2-7,10,17H,8-9,11H2,1H3. The molecule has 0 radical (unpaired) electrons. The molecule has 0 saturated heterocycles. The number of nitrogens with zero attached hydrogens (tertiary/aromatic N) is 2. The molecule has 0 spiro atoms. The Morgan fingerprint density at radius 2 is 2.10 bits per heavy atom. The summed E-state index contributed by atoms with van der Waals surface area (Å²) in [5.74, 6) is 1.44. The Morgan fingerprint density at radius 3 is 2.90 bits per heavy atom. The Kier molecular flexibility index (Phi) is 4.31. The fourth-order valence-electron chi connectivity index (χ4n) is 2.11. The third-order valence-electron chi connectivity index (χ3n) is 3.22. The van der Waals surface area contributed by atoms with Crippen LogP contribution in [0.4, 0.5) is 5.69 Å². The van der Waals surface area contributed by atoms with Crippen LogP contribution in [0.3, 0.4) is 0 Å². The monoisotopic (exact) mass is 299 g/mol. The Morgan fingerprint density at radius 1 is 1.19 bits per heavy atom. The van der Waals surface area contributed by atoms with Crippen molar-refractivity contribution >= 4 is 17.0 Å². The minimum atomic E-state index is 0.683. The first kappa shape index (κ1) is 13.8. The molecule has 3 rings (SSSR count). The van der Waals surface area contributed by atoms with Crippen LogP contribution < -0.4 is 5.32 Å². The molecular formula is C16H17N3OS. The molecule has 0 aliphatic rings. The molecule has 0 fully saturated rings. The van der Waals surface area contributed by atoms with Crippen molar-refractivity contribution in [3.63, 3.8) is 0 Å². The second-order valence-electron chi connectivity index (χ2n) is 4.85. The lowest BCUT2D eigenvalue weighted by molar-refractivity contribution is 0.376. The second kappa shape index (κ2) is 6.54. The van der Waals surface area contributed by atoms with Gasteiger partial charge >= 0.3 is 0 Å². The van der Waals surface area contributed by atoms with E-state index in [9.17, 15) is 0 Å². The van der Waals surface area contributed by atoms with Gasteiger partial charge in [0.25, 0.3) is 0 Å². The number of aromatic nitrogens is 2. The molecule has 1 aromatic carbocycles. The molecule has 3 aromatic rings. The van der Waals surface area contributed by atoms with Crippen LogP contribution in [-0.2, 0) is 12.8 Å². The fourth-order valence-corrected chi connectivity index (χ4v) is 2.81. The highest BCUT2D eigenvalue weighted by atomic mass is 32.1. The van der Waals surface area contributed by atoms with Crippen LogP contribution in [0.1, 0.15) is 22.2 Å². The van der Waals surface area contributed by atoms with Gasteiger partial charge in [0.2, 0.25) is 5.89 Å². The molecule has 0 unspecified atom stereocenters. The molecule has 0 saturated carbocycles. The maximum absolute atomic E-state index is 5.29. The largest absolute Gasteiger partial charge is 0.384 e. The van der Waals surface area contributed by atoms with E-state index < -0.39 is 0 Å². The summed E-state index contributed by atoms with van der Waals surface area (Å²) < 4.78 is 5.29. The second-order valence-corrected chi connectivity index (χ2v) is 5.88. The van der Waals surface area contributed by atoms with Crippen LogP contribution in [0.2, 0.25) is 0 Å². The number of hydrogen-bond donors (Lipinski definition) is 1. The van der Waals surface area contributed by atoms with Crippen molar-refractivity contribution in [3.8, 4) is 0 Å². The summed E-state index contributed by atoms with van der Waals surface area (Å²) >= 11 is 1.71. The van der Waals surface area contributed by atoms with Gasteiger partial charge in [-0.1, -0.05) is 29.4 Å². The number of hydrogen-bond acceptors (Lipinski definition) is 5. The van der Waals surface area contributed by atoms with E-state index >= 15 is 0 Å². The van der Waals surface area contributed by atoms with Gasteiger partial charge in [0.05, 0.1) is 0 Å². The quantitative estimate of drug-likeness (QED) is 0.754. The van der Waals surface area contributed by atoms with E-state index in [0.717, 1.165) is 30.9 Å². The highest BCUT2D eigenvalue weighted by molar-refractivity contribution is 7.09. The van der Waals surface area contributed by atoms with E-state index in [2.05, 4.69) is 46.0 Å². The zero-order chi connectivity index (χ0) is 14.5. The van der Waals surface area contributed by atoms with E-state index in [1.807, 2.05) is 18.2 Å². The Labute approximate surface area is 127 Å². The molecule has 21 heavy (non-hydrogen) atoms. The van der Waals surface area contributed by atoms with E-state index in [1.54, 1.807) is 11.3 Å². The van der Waals surface area contributed by atoms with Gasteiger partial charge in [-0.3, -0.25) is 0 Å². The van der Waals surface area contributed by atoms with Gasteiger partial charge in [-0.15, -0.1) is 11.3 Å². The van der Waals surface area contributed by atoms with Crippen LogP contribution in [0, 0.1) is 6.92 Å². The summed E-state index contributed by atoms with van der Waals surface area (Å²) in [5, 5.41) is 9.48. The molecule has 4 nitrogen and oxygen atoms in total. The van der Waals surface area contributed by atoms with E-state index in [1.165, 1.54) is 10.4 Å². The van der Waals surface area contributed by atoms with Crippen LogP contribution in [0.15, 0.2) is 46.3 Å². The summed E-state index contributed by atoms with van der Waals surface area (Å²) in [5.41, 5.74) is 2.39. The number of aryl methyl sites for hydroxylation is 1. The maximum Gasteiger partial charge on any atom is 0.228 e. The summed E-state index contributed by atoms with van der Waals surface area (Å²) in [6.07, 6.45) is 1.47. The average Bonchev–Trinajstić information content (AvgIpc) is 3.14. The van der Waals surface area contributed by atoms with Gasteiger partial charge in [0.1, 0.15) is 0 Å². The predicted octanol–water partition coefficient (Wildman–Crippen LogP) is 3.68. The summed E-state index contributed by atoms with van der Waals surface area (Å²) in [7, 11) is 0. The van der Waals surface area contributed by atoms with Crippen LogP contribution in [0.25, 0.3) is 0 Å². The first-order valence-electron chi connectivity index (χ1n) is 6.94. The molecule has 0 aliphatic carbocycles. The van der Waals surface area contributed by atoms with Crippen molar-refractivity contribution in [1.29, 1.82) is 0 Å². The van der Waals surface area contributed by atoms with Crippen molar-refractivity contribution in [3.05, 3.63) is 63.9 Å². The van der Waals surface area contributed by atoms with Gasteiger partial charge in [0, 0.05) is 30.0 Å². The number of anilines is 1. The SMILES string of the molecule is Cc1ccccc1NCCc1nc(Cc2cccs2)no1. The van der Waals surface area contributed by atoms with Crippen LogP contribution >= 0.6 is 11.3 Å². The molecule has 0 amide bonds. The predicted molar refractivity (Wildman–Crippen MR) is 84.8 cm³/mol. The van der Waals surface area contributed by atoms with E-state index in [4.69, 9.17) is 4.52 Å². The van der Waals surface area contributed by atoms with Crippen molar-refractivity contribution in [2.75, 3.05) is 11.9 Å². The Balaban J connectivity index is 1.52. The zero-order valence-corrected chi connectivity index (χ0v) is 12.7. The number of thiophene rings is 1. The molecular weight excluding hydrogens is 282 g/mol. The maximum atomic E-state index is 5.29. The molecule has 0 aliphatic heterocycles. The molecule has 1 N–H and O–H groups in total. The molecule has 2 aromatic heterocycles. The Hall–Kier alpha value is -2.14. The number of nitrogens with one attached hydrogen (secondary N) is 1. The van der Waals surface area contributed by atoms with Gasteiger partial charge in [-0.2, -0.15) is 4.98 Å². The Bertz CT molecular complexity index is 691. The summed E-state index contributed by atoms with van der Waals surface area (Å²) in [6, 6.07) is 12.4. The number of para-hydroxylation sites is 1. The summed E-state index contributed by atoms with van der Waals surface area (Å²) in [4.78, 5) is 5.68. The van der Waals surface area contributed by atoms with Crippen molar-refractivity contribution in [2.45, 2.75) is 19.8 Å². The topological polar surface area (TPSA) is 51.0 Å². The van der Waals surface area contributed by atoms with Gasteiger partial charge in [-0.05, 0) is 30.0 Å². The highest BCUT2D eigenvalue weighted by Crippen LogP contribution is 2.14. The van der Waals surface area contributed by atoms with E-state index in [-0.39, 0.29) is 0 Å². The lowest BCUT2D eigenvalue weighted by atomic mass is 10.2. The third kappa shape index (κ3) is 3.70. The van der Waals surface area contributed by atoms with Gasteiger partial charge < -0.3 is 9.84 Å². The zero-order valence-electron chi connectivity index (χ0n) is 11.9. The van der Waals surface area contributed by atoms with Crippen molar-refractivity contribution in [1.82, 2.24) is 10.1 Å². The smallest absolute Gasteiger partial charge is 0.228 e. The molecule has 5 heteroatoms. The first-order valence-corrected chi connectivity index (χ1v) is 7.82. The highest BCUT2D eigenvalue weighted by Gasteiger charge is 2.07. The molecule has 0 atom stereocenters.